The molecule has 5 aromatic rings. The van der Waals surface area contributed by atoms with Crippen LogP contribution in [0.25, 0.3) is 16.6 Å². The van der Waals surface area contributed by atoms with Crippen molar-refractivity contribution < 1.29 is 37.2 Å². The molecule has 3 amide bonds. The molecule has 0 aliphatic carbocycles. The molecule has 1 unspecified atom stereocenters. The lowest BCUT2D eigenvalue weighted by Crippen LogP contribution is -2.52. The number of ether oxygens (including phenoxy) is 1. The van der Waals surface area contributed by atoms with Crippen molar-refractivity contribution in [2.75, 3.05) is 81.4 Å². The Morgan fingerprint density at radius 3 is 2.30 bits per heavy atom. The Kier molecular flexibility index (Phi) is 15.3. The number of likely N-dealkylation sites (tertiary alicyclic amines) is 1. The Morgan fingerprint density at radius 2 is 1.69 bits per heavy atom. The van der Waals surface area contributed by atoms with E-state index in [2.05, 4.69) is 35.2 Å². The molecule has 67 heavy (non-hydrogen) atoms. The summed E-state index contributed by atoms with van der Waals surface area (Å²) in [5.41, 5.74) is 0.912. The topological polar surface area (TPSA) is 231 Å². The summed E-state index contributed by atoms with van der Waals surface area (Å²) in [5.74, 6) is -2.31. The zero-order valence-corrected chi connectivity index (χ0v) is 37.9. The Bertz CT molecular complexity index is 2760. The summed E-state index contributed by atoms with van der Waals surface area (Å²) in [5, 5.41) is 26.1. The zero-order chi connectivity index (χ0) is 47.8. The molecule has 1 atom stereocenters. The molecule has 8 rings (SSSR count). The molecule has 0 spiro atoms. The number of nitriles is 1. The minimum absolute atomic E-state index is 0.0400. The number of nitrogens with zero attached hydrogens (tertiary/aromatic N) is 9. The van der Waals surface area contributed by atoms with Crippen LogP contribution in [0.15, 0.2) is 66.0 Å². The van der Waals surface area contributed by atoms with Crippen LogP contribution in [0.5, 0.6) is 17.2 Å². The SMILES string of the molecule is CCN(C)S(=O)Nc1ccc(F)c(Oc2ccc3ncn(-c4cnc(N5CCN(C(=O)CN6CCC(c7ccc(NC)cc7F)CC6)CC5)nc4)c(=O)c3c2O)c1C#N.O=C1CCCC(=O)N1. The van der Waals surface area contributed by atoms with E-state index in [1.807, 2.05) is 28.0 Å². The van der Waals surface area contributed by atoms with Gasteiger partial charge >= 0.3 is 0 Å². The second-order valence-corrected chi connectivity index (χ2v) is 17.3. The molecule has 352 valence electrons. The molecule has 0 saturated carbocycles. The van der Waals surface area contributed by atoms with Crippen molar-refractivity contribution in [1.82, 2.24) is 38.9 Å². The molecule has 3 aliphatic rings. The van der Waals surface area contributed by atoms with Crippen LogP contribution in [0.2, 0.25) is 0 Å². The molecule has 0 radical (unpaired) electrons. The van der Waals surface area contributed by atoms with Gasteiger partial charge in [0, 0.05) is 65.3 Å². The Hall–Kier alpha value is -7.09. The number of imide groups is 1. The predicted molar refractivity (Wildman–Crippen MR) is 246 cm³/mol. The van der Waals surface area contributed by atoms with E-state index >= 15 is 4.39 Å². The number of phenols is 1. The zero-order valence-electron chi connectivity index (χ0n) is 37.1. The van der Waals surface area contributed by atoms with E-state index in [1.54, 1.807) is 21.0 Å². The first-order chi connectivity index (χ1) is 32.3. The van der Waals surface area contributed by atoms with E-state index in [0.717, 1.165) is 34.7 Å². The Labute approximate surface area is 387 Å². The van der Waals surface area contributed by atoms with Crippen molar-refractivity contribution in [3.05, 3.63) is 94.3 Å². The van der Waals surface area contributed by atoms with E-state index in [1.165, 1.54) is 47.3 Å². The van der Waals surface area contributed by atoms with Crippen LogP contribution in [-0.2, 0) is 25.6 Å². The Balaban J connectivity index is 0.000000754. The maximum absolute atomic E-state index is 15.1. The standard InChI is InChI=1S/C40H43F2N11O5S.C5H7NO2/c1-4-49(3)59(57)48-32-8-7-30(41)38(29(32)20-43)58-34-10-9-33-36(37(34)55)39(56)53(24-47-33)27-21-45-40(46-22-27)52-17-15-51(16-18-52)35(54)23-50-13-11-25(12-14-50)28-6-5-26(44-2)19-31(28)42;7-4-2-1-3-5(8)6-4/h5-10,19,21-22,24-25,44,48,55H,4,11-18,23H2,1-3H3;1-3H2,(H,6,7,8). The second-order valence-electron chi connectivity index (χ2n) is 16.0. The van der Waals surface area contributed by atoms with Gasteiger partial charge in [-0.3, -0.25) is 38.7 Å². The summed E-state index contributed by atoms with van der Waals surface area (Å²) < 4.78 is 53.3. The fourth-order valence-electron chi connectivity index (χ4n) is 7.85. The number of anilines is 3. The number of hydrogen-bond donors (Lipinski definition) is 4. The largest absolute Gasteiger partial charge is 0.504 e. The highest BCUT2D eigenvalue weighted by Crippen LogP contribution is 2.39. The average molecular weight is 941 g/mol. The molecule has 3 aromatic carbocycles. The summed E-state index contributed by atoms with van der Waals surface area (Å²) in [6, 6.07) is 12.1. The normalized spacial score (nSPS) is 16.2. The number of aromatic nitrogens is 4. The van der Waals surface area contributed by atoms with Gasteiger partial charge in [0.15, 0.2) is 34.2 Å². The van der Waals surface area contributed by atoms with Crippen LogP contribution in [0.4, 0.5) is 26.1 Å². The number of piperidine rings is 2. The van der Waals surface area contributed by atoms with Gasteiger partial charge in [0.2, 0.25) is 23.7 Å². The summed E-state index contributed by atoms with van der Waals surface area (Å²) in [6.45, 7) is 5.93. The van der Waals surface area contributed by atoms with Gasteiger partial charge in [-0.15, -0.1) is 0 Å². The molecule has 0 bridgehead atoms. The molecule has 2 aromatic heterocycles. The van der Waals surface area contributed by atoms with Gasteiger partial charge in [0.05, 0.1) is 35.8 Å². The van der Waals surface area contributed by atoms with Crippen LogP contribution in [0.3, 0.4) is 0 Å². The van der Waals surface area contributed by atoms with Gasteiger partial charge in [0.1, 0.15) is 29.2 Å². The molecule has 3 fully saturated rings. The van der Waals surface area contributed by atoms with E-state index < -0.39 is 34.0 Å². The number of carbonyl (C=O) groups excluding carboxylic acids is 3. The molecule has 3 aliphatic heterocycles. The third-order valence-corrected chi connectivity index (χ3v) is 13.0. The van der Waals surface area contributed by atoms with E-state index in [-0.39, 0.29) is 63.0 Å². The third kappa shape index (κ3) is 11.1. The highest BCUT2D eigenvalue weighted by Gasteiger charge is 2.28. The smallest absolute Gasteiger partial charge is 0.269 e. The number of amides is 3. The summed E-state index contributed by atoms with van der Waals surface area (Å²) in [7, 11) is 3.36. The predicted octanol–water partition coefficient (Wildman–Crippen LogP) is 4.15. The molecule has 5 heterocycles. The highest BCUT2D eigenvalue weighted by molar-refractivity contribution is 7.84. The lowest BCUT2D eigenvalue weighted by atomic mass is 9.89. The lowest BCUT2D eigenvalue weighted by Gasteiger charge is -2.37. The van der Waals surface area contributed by atoms with Gasteiger partial charge in [0.25, 0.3) is 5.56 Å². The van der Waals surface area contributed by atoms with Crippen molar-refractivity contribution >= 4 is 57.1 Å². The number of fused-ring (bicyclic) bond motifs is 1. The maximum atomic E-state index is 15.1. The molecule has 22 heteroatoms. The van der Waals surface area contributed by atoms with E-state index in [9.17, 15) is 38.1 Å². The lowest BCUT2D eigenvalue weighted by molar-refractivity contribution is -0.134. The van der Waals surface area contributed by atoms with Crippen LogP contribution in [-0.4, -0.2) is 127 Å². The monoisotopic (exact) mass is 940 g/mol. The van der Waals surface area contributed by atoms with Crippen LogP contribution in [0, 0.1) is 23.0 Å². The molecular formula is C45H50F2N12O7S. The number of benzene rings is 3. The fraction of sp³-hybridized carbons (Fsp3) is 0.378. The van der Waals surface area contributed by atoms with Gasteiger partial charge in [-0.1, -0.05) is 13.0 Å². The van der Waals surface area contributed by atoms with Crippen LogP contribution < -0.4 is 30.6 Å². The number of halogens is 2. The number of phenolic OH excluding ortho intramolecular Hbond substituents is 1. The Morgan fingerprint density at radius 1 is 0.985 bits per heavy atom. The fourth-order valence-corrected chi connectivity index (χ4v) is 8.59. The summed E-state index contributed by atoms with van der Waals surface area (Å²) in [4.78, 5) is 66.8. The summed E-state index contributed by atoms with van der Waals surface area (Å²) >= 11 is -1.74. The van der Waals surface area contributed by atoms with Crippen molar-refractivity contribution in [3.8, 4) is 29.0 Å². The number of piperazine rings is 1. The first kappa shape index (κ1) is 47.9. The average Bonchev–Trinajstić information content (AvgIpc) is 3.33. The van der Waals surface area contributed by atoms with Crippen molar-refractivity contribution in [2.45, 2.75) is 44.9 Å². The van der Waals surface area contributed by atoms with Gasteiger partial charge in [-0.05, 0) is 80.2 Å². The summed E-state index contributed by atoms with van der Waals surface area (Å²) in [6.07, 6.45) is 7.45. The quantitative estimate of drug-likeness (QED) is 0.129. The number of carbonyl (C=O) groups is 3. The number of rotatable bonds is 12. The second kappa shape index (κ2) is 21.5. The molecule has 4 N–H and O–H groups in total. The van der Waals surface area contributed by atoms with Crippen LogP contribution >= 0.6 is 0 Å². The number of hydrogen-bond acceptors (Lipinski definition) is 14. The van der Waals surface area contributed by atoms with E-state index in [0.29, 0.717) is 77.6 Å². The molecular weight excluding hydrogens is 891 g/mol. The first-order valence-electron chi connectivity index (χ1n) is 21.7. The number of aromatic hydroxyl groups is 1. The van der Waals surface area contributed by atoms with Gasteiger partial charge < -0.3 is 25.0 Å². The van der Waals surface area contributed by atoms with Gasteiger partial charge in [-0.25, -0.2) is 32.2 Å². The van der Waals surface area contributed by atoms with Crippen molar-refractivity contribution in [3.63, 3.8) is 0 Å². The van der Waals surface area contributed by atoms with E-state index in [4.69, 9.17) is 4.74 Å². The number of nitrogens with one attached hydrogen (secondary N) is 3. The van der Waals surface area contributed by atoms with Gasteiger partial charge in [-0.2, -0.15) is 5.26 Å². The molecule has 19 nitrogen and oxygen atoms in total. The molecule has 3 saturated heterocycles. The third-order valence-electron chi connectivity index (χ3n) is 11.8. The minimum atomic E-state index is -1.74. The van der Waals surface area contributed by atoms with Crippen molar-refractivity contribution in [2.24, 2.45) is 0 Å². The van der Waals surface area contributed by atoms with Crippen LogP contribution in [0.1, 0.15) is 56.1 Å². The maximum Gasteiger partial charge on any atom is 0.269 e. The minimum Gasteiger partial charge on any atom is -0.504 e. The van der Waals surface area contributed by atoms with Crippen molar-refractivity contribution in [1.29, 1.82) is 5.26 Å². The highest BCUT2D eigenvalue weighted by atomic mass is 32.2. The first-order valence-corrected chi connectivity index (χ1v) is 22.8.